The Morgan fingerprint density at radius 2 is 2.11 bits per heavy atom. The van der Waals surface area contributed by atoms with Crippen molar-refractivity contribution in [3.63, 3.8) is 0 Å². The van der Waals surface area contributed by atoms with Gasteiger partial charge < -0.3 is 20.1 Å². The van der Waals surface area contributed by atoms with Gasteiger partial charge in [0.25, 0.3) is 0 Å². The molecule has 2 saturated heterocycles. The van der Waals surface area contributed by atoms with Crippen LogP contribution in [-0.4, -0.2) is 53.5 Å². The Morgan fingerprint density at radius 3 is 2.67 bits per heavy atom. The maximum Gasteiger partial charge on any atom is 0.410 e. The molecule has 0 aliphatic carbocycles. The minimum atomic E-state index is -0.480. The Balaban J connectivity index is 1.91. The summed E-state index contributed by atoms with van der Waals surface area (Å²) in [6.45, 7) is 7.56. The fraction of sp³-hybridized carbons (Fsp3) is 0.923. The highest BCUT2D eigenvalue weighted by Gasteiger charge is 2.40. The van der Waals surface area contributed by atoms with Crippen LogP contribution < -0.4 is 5.32 Å². The zero-order chi connectivity index (χ0) is 13.3. The van der Waals surface area contributed by atoms with Gasteiger partial charge in [-0.15, -0.1) is 0 Å². The molecule has 0 aromatic carbocycles. The van der Waals surface area contributed by atoms with E-state index in [9.17, 15) is 9.90 Å². The highest BCUT2D eigenvalue weighted by molar-refractivity contribution is 5.68. The Kier molecular flexibility index (Phi) is 3.82. The predicted molar refractivity (Wildman–Crippen MR) is 68.3 cm³/mol. The Labute approximate surface area is 108 Å². The van der Waals surface area contributed by atoms with E-state index < -0.39 is 11.7 Å². The van der Waals surface area contributed by atoms with E-state index in [2.05, 4.69) is 5.32 Å². The van der Waals surface area contributed by atoms with Crippen molar-refractivity contribution in [3.8, 4) is 0 Å². The molecule has 3 atom stereocenters. The molecule has 2 aliphatic rings. The molecule has 2 rings (SSSR count). The summed E-state index contributed by atoms with van der Waals surface area (Å²) in [6, 6.07) is 0.340. The number of β-amino-alcohol motifs (C(OH)–C–C–N with tert-alkyl or cyclic N) is 1. The average molecular weight is 256 g/mol. The summed E-state index contributed by atoms with van der Waals surface area (Å²) < 4.78 is 5.34. The number of aliphatic hydroxyl groups is 1. The molecular formula is C13H24N2O3. The fourth-order valence-corrected chi connectivity index (χ4v) is 2.76. The topological polar surface area (TPSA) is 61.8 Å². The zero-order valence-electron chi connectivity index (χ0n) is 11.5. The number of ether oxygens (including phenoxy) is 1. The Morgan fingerprint density at radius 1 is 1.39 bits per heavy atom. The molecule has 0 radical (unpaired) electrons. The first-order valence-corrected chi connectivity index (χ1v) is 6.76. The number of nitrogens with one attached hydrogen (secondary N) is 1. The van der Waals surface area contributed by atoms with E-state index in [4.69, 9.17) is 4.74 Å². The SMILES string of the molecule is CC(C)(C)OC(=O)N1CC(O)C(C2CCCN2)C1. The predicted octanol–water partition coefficient (Wildman–Crippen LogP) is 0.966. The second kappa shape index (κ2) is 5.05. The largest absolute Gasteiger partial charge is 0.444 e. The van der Waals surface area contributed by atoms with E-state index in [1.165, 1.54) is 0 Å². The summed E-state index contributed by atoms with van der Waals surface area (Å²) in [5.41, 5.74) is -0.480. The number of nitrogens with zero attached hydrogens (tertiary/aromatic N) is 1. The first-order chi connectivity index (χ1) is 8.37. The lowest BCUT2D eigenvalue weighted by molar-refractivity contribution is 0.0269. The molecule has 2 N–H and O–H groups in total. The van der Waals surface area contributed by atoms with E-state index in [1.54, 1.807) is 4.90 Å². The van der Waals surface area contributed by atoms with Crippen LogP contribution in [0.25, 0.3) is 0 Å². The van der Waals surface area contributed by atoms with Crippen molar-refractivity contribution in [2.45, 2.75) is 51.4 Å². The van der Waals surface area contributed by atoms with Crippen LogP contribution in [0, 0.1) is 5.92 Å². The third-order valence-corrected chi connectivity index (χ3v) is 3.60. The van der Waals surface area contributed by atoms with Gasteiger partial charge >= 0.3 is 6.09 Å². The third kappa shape index (κ3) is 3.14. The van der Waals surface area contributed by atoms with Gasteiger partial charge in [-0.05, 0) is 40.2 Å². The summed E-state index contributed by atoms with van der Waals surface area (Å²) in [5, 5.41) is 13.5. The van der Waals surface area contributed by atoms with Crippen molar-refractivity contribution < 1.29 is 14.6 Å². The summed E-state index contributed by atoms with van der Waals surface area (Å²) in [4.78, 5) is 13.6. The molecule has 2 fully saturated rings. The number of hydrogen-bond donors (Lipinski definition) is 2. The van der Waals surface area contributed by atoms with E-state index in [-0.39, 0.29) is 12.0 Å². The molecule has 5 nitrogen and oxygen atoms in total. The van der Waals surface area contributed by atoms with Gasteiger partial charge in [-0.3, -0.25) is 0 Å². The van der Waals surface area contributed by atoms with Gasteiger partial charge in [-0.1, -0.05) is 0 Å². The quantitative estimate of drug-likeness (QED) is 0.734. The van der Waals surface area contributed by atoms with Gasteiger partial charge in [0.15, 0.2) is 0 Å². The maximum absolute atomic E-state index is 11.9. The summed E-state index contributed by atoms with van der Waals surface area (Å²) in [6.07, 6.45) is 1.49. The highest BCUT2D eigenvalue weighted by atomic mass is 16.6. The van der Waals surface area contributed by atoms with Crippen molar-refractivity contribution >= 4 is 6.09 Å². The zero-order valence-corrected chi connectivity index (χ0v) is 11.5. The third-order valence-electron chi connectivity index (χ3n) is 3.60. The van der Waals surface area contributed by atoms with Crippen LogP contribution in [0.5, 0.6) is 0 Å². The molecule has 0 aromatic rings. The molecule has 5 heteroatoms. The molecule has 2 aliphatic heterocycles. The fourth-order valence-electron chi connectivity index (χ4n) is 2.76. The highest BCUT2D eigenvalue weighted by Crippen LogP contribution is 2.26. The second-order valence-corrected chi connectivity index (χ2v) is 6.32. The number of likely N-dealkylation sites (tertiary alicyclic amines) is 1. The number of carbonyl (C=O) groups excluding carboxylic acids is 1. The van der Waals surface area contributed by atoms with Gasteiger partial charge in [-0.2, -0.15) is 0 Å². The van der Waals surface area contributed by atoms with Crippen molar-refractivity contribution in [1.82, 2.24) is 10.2 Å². The summed E-state index contributed by atoms with van der Waals surface area (Å²) in [5.74, 6) is 0.139. The van der Waals surface area contributed by atoms with Crippen LogP contribution >= 0.6 is 0 Å². The molecule has 104 valence electrons. The van der Waals surface area contributed by atoms with Crippen LogP contribution in [0.1, 0.15) is 33.6 Å². The van der Waals surface area contributed by atoms with Gasteiger partial charge in [-0.25, -0.2) is 4.79 Å². The van der Waals surface area contributed by atoms with Gasteiger partial charge in [0.1, 0.15) is 5.60 Å². The Bertz CT molecular complexity index is 308. The maximum atomic E-state index is 11.9. The first kappa shape index (κ1) is 13.6. The molecule has 18 heavy (non-hydrogen) atoms. The minimum Gasteiger partial charge on any atom is -0.444 e. The lowest BCUT2D eigenvalue weighted by atomic mass is 9.95. The number of carbonyl (C=O) groups is 1. The molecule has 0 bridgehead atoms. The number of aliphatic hydroxyl groups excluding tert-OH is 1. The van der Waals surface area contributed by atoms with Gasteiger partial charge in [0, 0.05) is 18.5 Å². The molecule has 0 aromatic heterocycles. The molecule has 3 unspecified atom stereocenters. The van der Waals surface area contributed by atoms with Gasteiger partial charge in [0.05, 0.1) is 12.6 Å². The van der Waals surface area contributed by atoms with E-state index >= 15 is 0 Å². The second-order valence-electron chi connectivity index (χ2n) is 6.32. The van der Waals surface area contributed by atoms with Crippen molar-refractivity contribution in [1.29, 1.82) is 0 Å². The normalized spacial score (nSPS) is 32.9. The number of amides is 1. The standard InChI is InChI=1S/C13H24N2O3/c1-13(2,3)18-12(17)15-7-9(11(16)8-15)10-5-4-6-14-10/h9-11,14,16H,4-8H2,1-3H3. The molecule has 0 saturated carbocycles. The lowest BCUT2D eigenvalue weighted by Crippen LogP contribution is -2.38. The van der Waals surface area contributed by atoms with Crippen LogP contribution in [-0.2, 0) is 4.74 Å². The van der Waals surface area contributed by atoms with Crippen LogP contribution in [0.3, 0.4) is 0 Å². The lowest BCUT2D eigenvalue weighted by Gasteiger charge is -2.25. The van der Waals surface area contributed by atoms with Crippen LogP contribution in [0.15, 0.2) is 0 Å². The van der Waals surface area contributed by atoms with Gasteiger partial charge in [0.2, 0.25) is 0 Å². The Hall–Kier alpha value is -0.810. The van der Waals surface area contributed by atoms with E-state index in [0.29, 0.717) is 19.1 Å². The molecule has 0 spiro atoms. The molecule has 1 amide bonds. The average Bonchev–Trinajstić information content (AvgIpc) is 2.82. The van der Waals surface area contributed by atoms with Crippen molar-refractivity contribution in [3.05, 3.63) is 0 Å². The molecular weight excluding hydrogens is 232 g/mol. The summed E-state index contributed by atoms with van der Waals surface area (Å²) in [7, 11) is 0. The number of rotatable bonds is 1. The smallest absolute Gasteiger partial charge is 0.410 e. The van der Waals surface area contributed by atoms with Crippen molar-refractivity contribution in [2.75, 3.05) is 19.6 Å². The number of hydrogen-bond acceptors (Lipinski definition) is 4. The summed E-state index contributed by atoms with van der Waals surface area (Å²) >= 11 is 0. The van der Waals surface area contributed by atoms with Crippen LogP contribution in [0.4, 0.5) is 4.79 Å². The minimum absolute atomic E-state index is 0.139. The van der Waals surface area contributed by atoms with E-state index in [0.717, 1.165) is 19.4 Å². The molecule has 2 heterocycles. The van der Waals surface area contributed by atoms with E-state index in [1.807, 2.05) is 20.8 Å². The monoisotopic (exact) mass is 256 g/mol. The van der Waals surface area contributed by atoms with Crippen LogP contribution in [0.2, 0.25) is 0 Å². The van der Waals surface area contributed by atoms with Crippen molar-refractivity contribution in [2.24, 2.45) is 5.92 Å². The first-order valence-electron chi connectivity index (χ1n) is 6.76.